The first-order chi connectivity index (χ1) is 9.55. The van der Waals surface area contributed by atoms with Gasteiger partial charge < -0.3 is 15.2 Å². The van der Waals surface area contributed by atoms with Gasteiger partial charge in [-0.25, -0.2) is 0 Å². The number of rotatable bonds is 4. The van der Waals surface area contributed by atoms with E-state index in [0.717, 1.165) is 0 Å². The van der Waals surface area contributed by atoms with E-state index in [4.69, 9.17) is 15.2 Å². The van der Waals surface area contributed by atoms with Gasteiger partial charge in [-0.05, 0) is 29.8 Å². The second-order valence-corrected chi connectivity index (χ2v) is 4.14. The Labute approximate surface area is 115 Å². The Morgan fingerprint density at radius 2 is 1.65 bits per heavy atom. The number of nitrogens with two attached hydrogens (primary N) is 1. The molecule has 0 saturated heterocycles. The van der Waals surface area contributed by atoms with Crippen LogP contribution in [0.1, 0.15) is 0 Å². The number of methoxy groups -OCH3 is 2. The summed E-state index contributed by atoms with van der Waals surface area (Å²) in [4.78, 5) is 10.7. The predicted octanol–water partition coefficient (Wildman–Crippen LogP) is 2.86. The van der Waals surface area contributed by atoms with Crippen molar-refractivity contribution in [3.8, 4) is 22.6 Å². The minimum Gasteiger partial charge on any atom is -0.497 e. The lowest BCUT2D eigenvalue weighted by atomic mass is 10.0. The van der Waals surface area contributed by atoms with Crippen molar-refractivity contribution in [3.05, 3.63) is 46.5 Å². The highest BCUT2D eigenvalue weighted by atomic mass is 16.6. The molecule has 0 radical (unpaired) electrons. The van der Waals surface area contributed by atoms with Crippen LogP contribution in [0.2, 0.25) is 0 Å². The Morgan fingerprint density at radius 1 is 1.05 bits per heavy atom. The lowest BCUT2D eigenvalue weighted by Gasteiger charge is -2.09. The predicted molar refractivity (Wildman–Crippen MR) is 76.0 cm³/mol. The molecule has 0 heterocycles. The second-order valence-electron chi connectivity index (χ2n) is 4.14. The van der Waals surface area contributed by atoms with Crippen molar-refractivity contribution in [3.63, 3.8) is 0 Å². The summed E-state index contributed by atoms with van der Waals surface area (Å²) >= 11 is 0. The summed E-state index contributed by atoms with van der Waals surface area (Å²) < 4.78 is 10.3. The van der Waals surface area contributed by atoms with Gasteiger partial charge in [-0.1, -0.05) is 0 Å². The van der Waals surface area contributed by atoms with Gasteiger partial charge >= 0.3 is 0 Å². The van der Waals surface area contributed by atoms with E-state index in [-0.39, 0.29) is 5.69 Å². The molecule has 6 nitrogen and oxygen atoms in total. The summed E-state index contributed by atoms with van der Waals surface area (Å²) in [5, 5.41) is 11.1. The van der Waals surface area contributed by atoms with Gasteiger partial charge in [-0.3, -0.25) is 10.1 Å². The van der Waals surface area contributed by atoms with Crippen LogP contribution in [-0.4, -0.2) is 19.1 Å². The first kappa shape index (κ1) is 13.7. The number of hydrogen-bond donors (Lipinski definition) is 1. The van der Waals surface area contributed by atoms with Crippen molar-refractivity contribution in [2.24, 2.45) is 0 Å². The van der Waals surface area contributed by atoms with Crippen LogP contribution in [0.25, 0.3) is 11.1 Å². The molecular formula is C14H14N2O4. The number of nitrogens with zero attached hydrogens (tertiary/aromatic N) is 1. The summed E-state index contributed by atoms with van der Waals surface area (Å²) in [7, 11) is 3.05. The average molecular weight is 274 g/mol. The van der Waals surface area contributed by atoms with E-state index in [1.807, 2.05) is 0 Å². The molecule has 0 spiro atoms. The molecule has 2 aromatic carbocycles. The topological polar surface area (TPSA) is 87.6 Å². The highest BCUT2D eigenvalue weighted by Crippen LogP contribution is 2.35. The SMILES string of the molecule is COc1cc(OC)cc(-c2ccc(N)cc2[N+](=O)[O-])c1. The minimum absolute atomic E-state index is 0.0553. The Bertz CT molecular complexity index is 633. The van der Waals surface area contributed by atoms with Crippen LogP contribution >= 0.6 is 0 Å². The smallest absolute Gasteiger partial charge is 0.279 e. The van der Waals surface area contributed by atoms with Crippen molar-refractivity contribution in [2.75, 3.05) is 20.0 Å². The van der Waals surface area contributed by atoms with Crippen molar-refractivity contribution in [1.29, 1.82) is 0 Å². The van der Waals surface area contributed by atoms with Crippen LogP contribution in [0, 0.1) is 10.1 Å². The van der Waals surface area contributed by atoms with Crippen LogP contribution in [0.5, 0.6) is 11.5 Å². The zero-order valence-corrected chi connectivity index (χ0v) is 11.1. The molecule has 20 heavy (non-hydrogen) atoms. The van der Waals surface area contributed by atoms with Crippen LogP contribution in [0.15, 0.2) is 36.4 Å². The summed E-state index contributed by atoms with van der Waals surface area (Å²) in [5.41, 5.74) is 6.98. The van der Waals surface area contributed by atoms with Gasteiger partial charge in [-0.2, -0.15) is 0 Å². The van der Waals surface area contributed by atoms with Crippen molar-refractivity contribution in [2.45, 2.75) is 0 Å². The zero-order chi connectivity index (χ0) is 14.7. The van der Waals surface area contributed by atoms with Crippen molar-refractivity contribution >= 4 is 11.4 Å². The monoisotopic (exact) mass is 274 g/mol. The van der Waals surface area contributed by atoms with Crippen LogP contribution in [0.3, 0.4) is 0 Å². The van der Waals surface area contributed by atoms with Gasteiger partial charge in [0.1, 0.15) is 11.5 Å². The highest BCUT2D eigenvalue weighted by molar-refractivity contribution is 5.77. The maximum atomic E-state index is 11.1. The Kier molecular flexibility index (Phi) is 3.74. The molecule has 0 aliphatic carbocycles. The number of nitrogen functional groups attached to an aromatic ring is 1. The van der Waals surface area contributed by atoms with Gasteiger partial charge in [0.05, 0.1) is 24.7 Å². The molecular weight excluding hydrogens is 260 g/mol. The Morgan fingerprint density at radius 3 is 2.15 bits per heavy atom. The highest BCUT2D eigenvalue weighted by Gasteiger charge is 2.17. The van der Waals surface area contributed by atoms with Gasteiger partial charge in [0.25, 0.3) is 5.69 Å². The van der Waals surface area contributed by atoms with Crippen LogP contribution < -0.4 is 15.2 Å². The molecule has 2 N–H and O–H groups in total. The lowest BCUT2D eigenvalue weighted by Crippen LogP contribution is -1.95. The molecule has 0 bridgehead atoms. The minimum atomic E-state index is -0.461. The molecule has 0 atom stereocenters. The molecule has 0 amide bonds. The molecule has 0 saturated carbocycles. The second kappa shape index (κ2) is 5.48. The summed E-state index contributed by atoms with van der Waals surface area (Å²) in [6.07, 6.45) is 0. The first-order valence-electron chi connectivity index (χ1n) is 5.82. The van der Waals surface area contributed by atoms with E-state index in [1.54, 1.807) is 30.3 Å². The van der Waals surface area contributed by atoms with Gasteiger partial charge in [0.2, 0.25) is 0 Å². The Hall–Kier alpha value is -2.76. The lowest BCUT2D eigenvalue weighted by molar-refractivity contribution is -0.384. The molecule has 2 rings (SSSR count). The third-order valence-electron chi connectivity index (χ3n) is 2.88. The number of nitro benzene ring substituents is 1. The molecule has 6 heteroatoms. The normalized spacial score (nSPS) is 10.1. The van der Waals surface area contributed by atoms with Crippen LogP contribution in [0.4, 0.5) is 11.4 Å². The molecule has 0 unspecified atom stereocenters. The van der Waals surface area contributed by atoms with Gasteiger partial charge in [0, 0.05) is 17.8 Å². The van der Waals surface area contributed by atoms with E-state index < -0.39 is 4.92 Å². The van der Waals surface area contributed by atoms with Crippen molar-refractivity contribution in [1.82, 2.24) is 0 Å². The number of nitro groups is 1. The maximum Gasteiger partial charge on any atom is 0.279 e. The standard InChI is InChI=1S/C14H14N2O4/c1-19-11-5-9(6-12(8-11)20-2)13-4-3-10(15)7-14(13)16(17)18/h3-8H,15H2,1-2H3. The molecule has 0 aliphatic heterocycles. The average Bonchev–Trinajstić information content (AvgIpc) is 2.46. The van der Waals surface area contributed by atoms with E-state index in [9.17, 15) is 10.1 Å². The third kappa shape index (κ3) is 2.64. The summed E-state index contributed by atoms with van der Waals surface area (Å²) in [6.45, 7) is 0. The number of benzene rings is 2. The van der Waals surface area contributed by atoms with E-state index in [2.05, 4.69) is 0 Å². The summed E-state index contributed by atoms with van der Waals surface area (Å²) in [5.74, 6) is 1.12. The van der Waals surface area contributed by atoms with Crippen LogP contribution in [-0.2, 0) is 0 Å². The molecule has 2 aromatic rings. The molecule has 0 aromatic heterocycles. The van der Waals surface area contributed by atoms with E-state index >= 15 is 0 Å². The molecule has 104 valence electrons. The van der Waals surface area contributed by atoms with Gasteiger partial charge in [0.15, 0.2) is 0 Å². The Balaban J connectivity index is 2.64. The quantitative estimate of drug-likeness (QED) is 0.526. The number of anilines is 1. The maximum absolute atomic E-state index is 11.1. The fourth-order valence-corrected chi connectivity index (χ4v) is 1.91. The van der Waals surface area contributed by atoms with Crippen molar-refractivity contribution < 1.29 is 14.4 Å². The third-order valence-corrected chi connectivity index (χ3v) is 2.88. The summed E-state index contributed by atoms with van der Waals surface area (Å²) in [6, 6.07) is 9.69. The van der Waals surface area contributed by atoms with Gasteiger partial charge in [-0.15, -0.1) is 0 Å². The first-order valence-corrected chi connectivity index (χ1v) is 5.82. The zero-order valence-electron chi connectivity index (χ0n) is 11.1. The largest absolute Gasteiger partial charge is 0.497 e. The van der Waals surface area contributed by atoms with E-state index in [1.165, 1.54) is 20.3 Å². The van der Waals surface area contributed by atoms with E-state index in [0.29, 0.717) is 28.3 Å². The fraction of sp³-hybridized carbons (Fsp3) is 0.143. The molecule has 0 fully saturated rings. The number of hydrogen-bond acceptors (Lipinski definition) is 5. The fourth-order valence-electron chi connectivity index (χ4n) is 1.91. The molecule has 0 aliphatic rings. The number of ether oxygens (including phenoxy) is 2.